The number of nitrogens with zero attached hydrogens (tertiary/aromatic N) is 2. The minimum absolute atomic E-state index is 0.00708. The molecule has 26 heavy (non-hydrogen) atoms. The molecule has 0 bridgehead atoms. The molecule has 0 fully saturated rings. The van der Waals surface area contributed by atoms with Gasteiger partial charge in [-0.3, -0.25) is 9.59 Å². The topological polar surface area (TPSA) is 95.0 Å². The Bertz CT molecular complexity index is 1190. The molecule has 0 spiro atoms. The zero-order chi connectivity index (χ0) is 18.5. The van der Waals surface area contributed by atoms with Gasteiger partial charge in [0.25, 0.3) is 11.5 Å². The van der Waals surface area contributed by atoms with Crippen LogP contribution >= 0.6 is 0 Å². The highest BCUT2D eigenvalue weighted by molar-refractivity contribution is 6.05. The van der Waals surface area contributed by atoms with E-state index in [0.29, 0.717) is 11.3 Å². The Morgan fingerprint density at radius 3 is 2.77 bits per heavy atom. The number of nitrogens with one attached hydrogen (secondary N) is 3. The Hall–Kier alpha value is -3.35. The number of fused-ring (bicyclic) bond motifs is 2. The van der Waals surface area contributed by atoms with Crippen LogP contribution in [0.15, 0.2) is 47.7 Å². The Kier molecular flexibility index (Phi) is 3.47. The predicted octanol–water partition coefficient (Wildman–Crippen LogP) is 3.05. The van der Waals surface area contributed by atoms with Crippen LogP contribution in [0, 0.1) is 0 Å². The van der Waals surface area contributed by atoms with Crippen molar-refractivity contribution in [2.24, 2.45) is 0 Å². The van der Waals surface area contributed by atoms with Crippen molar-refractivity contribution >= 4 is 28.1 Å². The fourth-order valence-electron chi connectivity index (χ4n) is 3.07. The largest absolute Gasteiger partial charge is 0.361 e. The number of amides is 1. The molecule has 0 aliphatic rings. The Labute approximate surface area is 149 Å². The first-order chi connectivity index (χ1) is 12.3. The number of aromatic amines is 2. The van der Waals surface area contributed by atoms with Crippen LogP contribution in [0.1, 0.15) is 36.7 Å². The van der Waals surface area contributed by atoms with Crippen molar-refractivity contribution in [1.29, 1.82) is 0 Å². The van der Waals surface area contributed by atoms with Gasteiger partial charge in [0.05, 0.1) is 6.20 Å². The van der Waals surface area contributed by atoms with Crippen LogP contribution in [0.2, 0.25) is 0 Å². The molecule has 0 unspecified atom stereocenters. The average molecular weight is 349 g/mol. The number of carbonyl (C=O) groups is 1. The van der Waals surface area contributed by atoms with E-state index in [-0.39, 0.29) is 11.0 Å². The number of aromatic nitrogens is 4. The van der Waals surface area contributed by atoms with Gasteiger partial charge in [-0.05, 0) is 34.6 Å². The lowest BCUT2D eigenvalue weighted by molar-refractivity contribution is 0.102. The number of hydrogen-bond acceptors (Lipinski definition) is 3. The van der Waals surface area contributed by atoms with E-state index in [1.165, 1.54) is 16.9 Å². The van der Waals surface area contributed by atoms with E-state index in [1.54, 1.807) is 6.07 Å². The van der Waals surface area contributed by atoms with Crippen LogP contribution < -0.4 is 10.9 Å². The second-order valence-electron chi connectivity index (χ2n) is 7.30. The minimum Gasteiger partial charge on any atom is -0.361 e. The number of benzene rings is 1. The highest BCUT2D eigenvalue weighted by atomic mass is 16.2. The van der Waals surface area contributed by atoms with Crippen molar-refractivity contribution in [2.75, 3.05) is 5.32 Å². The quantitative estimate of drug-likeness (QED) is 0.519. The molecule has 4 aromatic rings. The summed E-state index contributed by atoms with van der Waals surface area (Å²) >= 11 is 0. The molecule has 1 amide bonds. The van der Waals surface area contributed by atoms with Crippen LogP contribution in [0.25, 0.3) is 16.6 Å². The standard InChI is InChI=1S/C19H19N5O2/c1-19(2,3)13-8-11-4-6-20-14(11)9-15(13)23-17(25)12-10-21-16-5-7-22-24(16)18(12)26/h4-10,20-21H,1-3H3,(H,23,25). The zero-order valence-electron chi connectivity index (χ0n) is 14.8. The van der Waals surface area contributed by atoms with Crippen molar-refractivity contribution in [1.82, 2.24) is 19.6 Å². The molecular formula is C19H19N5O2. The molecule has 0 radical (unpaired) electrons. The first kappa shape index (κ1) is 16.1. The molecule has 7 heteroatoms. The van der Waals surface area contributed by atoms with E-state index in [2.05, 4.69) is 47.2 Å². The first-order valence-corrected chi connectivity index (χ1v) is 8.33. The monoisotopic (exact) mass is 349 g/mol. The van der Waals surface area contributed by atoms with Crippen molar-refractivity contribution in [3.8, 4) is 0 Å². The van der Waals surface area contributed by atoms with Gasteiger partial charge in [0.15, 0.2) is 0 Å². The van der Waals surface area contributed by atoms with E-state index >= 15 is 0 Å². The molecule has 0 saturated heterocycles. The lowest BCUT2D eigenvalue weighted by Gasteiger charge is -2.23. The smallest absolute Gasteiger partial charge is 0.287 e. The Balaban J connectivity index is 1.79. The molecule has 132 valence electrons. The third kappa shape index (κ3) is 2.57. The molecule has 0 aliphatic carbocycles. The summed E-state index contributed by atoms with van der Waals surface area (Å²) in [6, 6.07) is 7.61. The SMILES string of the molecule is CC(C)(C)c1cc2cc[nH]c2cc1NC(=O)c1c[nH]c2ccnn2c1=O. The van der Waals surface area contributed by atoms with Crippen LogP contribution in [0.4, 0.5) is 5.69 Å². The van der Waals surface area contributed by atoms with Gasteiger partial charge in [0, 0.05) is 29.7 Å². The Morgan fingerprint density at radius 2 is 2.00 bits per heavy atom. The van der Waals surface area contributed by atoms with Crippen molar-refractivity contribution in [3.63, 3.8) is 0 Å². The van der Waals surface area contributed by atoms with Gasteiger partial charge in [0.1, 0.15) is 11.2 Å². The summed E-state index contributed by atoms with van der Waals surface area (Å²) in [5, 5.41) is 7.91. The highest BCUT2D eigenvalue weighted by Gasteiger charge is 2.22. The molecule has 0 atom stereocenters. The van der Waals surface area contributed by atoms with Gasteiger partial charge >= 0.3 is 0 Å². The fourth-order valence-corrected chi connectivity index (χ4v) is 3.07. The van der Waals surface area contributed by atoms with Gasteiger partial charge in [-0.15, -0.1) is 0 Å². The third-order valence-electron chi connectivity index (χ3n) is 4.42. The van der Waals surface area contributed by atoms with Gasteiger partial charge in [-0.25, -0.2) is 0 Å². The highest BCUT2D eigenvalue weighted by Crippen LogP contribution is 2.33. The zero-order valence-corrected chi connectivity index (χ0v) is 14.8. The maximum absolute atomic E-state index is 12.8. The molecule has 3 aromatic heterocycles. The van der Waals surface area contributed by atoms with Crippen LogP contribution in [-0.2, 0) is 5.41 Å². The lowest BCUT2D eigenvalue weighted by Crippen LogP contribution is -2.27. The number of hydrogen-bond donors (Lipinski definition) is 3. The normalized spacial score (nSPS) is 12.0. The second kappa shape index (κ2) is 5.59. The minimum atomic E-state index is -0.472. The second-order valence-corrected chi connectivity index (χ2v) is 7.30. The molecule has 1 aromatic carbocycles. The third-order valence-corrected chi connectivity index (χ3v) is 4.42. The number of rotatable bonds is 2. The average Bonchev–Trinajstić information content (AvgIpc) is 3.21. The summed E-state index contributed by atoms with van der Waals surface area (Å²) in [6.45, 7) is 6.25. The van der Waals surface area contributed by atoms with Gasteiger partial charge in [0.2, 0.25) is 0 Å². The van der Waals surface area contributed by atoms with Crippen LogP contribution in [0.5, 0.6) is 0 Å². The maximum atomic E-state index is 12.8. The molecule has 0 saturated carbocycles. The summed E-state index contributed by atoms with van der Waals surface area (Å²) in [7, 11) is 0. The van der Waals surface area contributed by atoms with E-state index in [4.69, 9.17) is 0 Å². The molecule has 4 rings (SSSR count). The van der Waals surface area contributed by atoms with Gasteiger partial charge in [-0.1, -0.05) is 20.8 Å². The molecule has 3 heterocycles. The van der Waals surface area contributed by atoms with Crippen LogP contribution in [0.3, 0.4) is 0 Å². The van der Waals surface area contributed by atoms with Gasteiger partial charge in [-0.2, -0.15) is 9.61 Å². The number of anilines is 1. The fraction of sp³-hybridized carbons (Fsp3) is 0.211. The van der Waals surface area contributed by atoms with Crippen molar-refractivity contribution in [3.05, 3.63) is 64.3 Å². The number of H-pyrrole nitrogens is 2. The summed E-state index contributed by atoms with van der Waals surface area (Å²) in [5.41, 5.74) is 2.51. The summed E-state index contributed by atoms with van der Waals surface area (Å²) in [6.07, 6.45) is 4.78. The van der Waals surface area contributed by atoms with Crippen molar-refractivity contribution in [2.45, 2.75) is 26.2 Å². The predicted molar refractivity (Wildman–Crippen MR) is 101 cm³/mol. The maximum Gasteiger partial charge on any atom is 0.287 e. The molecule has 0 aliphatic heterocycles. The number of carbonyl (C=O) groups excluding carboxylic acids is 1. The van der Waals surface area contributed by atoms with Crippen molar-refractivity contribution < 1.29 is 4.79 Å². The summed E-state index contributed by atoms with van der Waals surface area (Å²) in [5.74, 6) is -0.472. The van der Waals surface area contributed by atoms with E-state index < -0.39 is 11.5 Å². The van der Waals surface area contributed by atoms with E-state index in [0.717, 1.165) is 16.5 Å². The first-order valence-electron chi connectivity index (χ1n) is 8.33. The van der Waals surface area contributed by atoms with Crippen LogP contribution in [-0.4, -0.2) is 25.5 Å². The molecule has 7 nitrogen and oxygen atoms in total. The molecular weight excluding hydrogens is 330 g/mol. The van der Waals surface area contributed by atoms with Gasteiger partial charge < -0.3 is 15.3 Å². The Morgan fingerprint density at radius 1 is 1.19 bits per heavy atom. The summed E-state index contributed by atoms with van der Waals surface area (Å²) < 4.78 is 1.17. The lowest BCUT2D eigenvalue weighted by atomic mass is 9.85. The van der Waals surface area contributed by atoms with E-state index in [9.17, 15) is 9.59 Å². The van der Waals surface area contributed by atoms with E-state index in [1.807, 2.05) is 18.3 Å². The molecule has 3 N–H and O–H groups in total. The summed E-state index contributed by atoms with van der Waals surface area (Å²) in [4.78, 5) is 31.3.